The average Bonchev–Trinajstić information content (AvgIpc) is 2.89. The number of para-hydroxylation sites is 1. The molecule has 0 aliphatic heterocycles. The van der Waals surface area contributed by atoms with Gasteiger partial charge in [-0.2, -0.15) is 13.5 Å². The molecular formula is C11H9F2N5O3S. The van der Waals surface area contributed by atoms with Gasteiger partial charge in [0.15, 0.2) is 0 Å². The highest BCUT2D eigenvalue weighted by atomic mass is 32.2. The van der Waals surface area contributed by atoms with Crippen LogP contribution in [0, 0.1) is 10.1 Å². The maximum absolute atomic E-state index is 12.4. The smallest absolute Gasteiger partial charge is 0.390 e. The lowest BCUT2D eigenvalue weighted by molar-refractivity contribution is -0.394. The molecule has 1 N–H and O–H groups in total. The van der Waals surface area contributed by atoms with Crippen LogP contribution in [0.3, 0.4) is 0 Å². The van der Waals surface area contributed by atoms with E-state index in [9.17, 15) is 23.7 Å². The first-order valence-electron chi connectivity index (χ1n) is 5.83. The highest BCUT2D eigenvalue weighted by Crippen LogP contribution is 2.31. The topological polar surface area (TPSA) is 103 Å². The number of rotatable bonds is 6. The van der Waals surface area contributed by atoms with Crippen molar-refractivity contribution in [1.82, 2.24) is 14.8 Å². The molecule has 0 fully saturated rings. The van der Waals surface area contributed by atoms with E-state index < -0.39 is 22.5 Å². The summed E-state index contributed by atoms with van der Waals surface area (Å²) in [6.07, 6.45) is 1.04. The summed E-state index contributed by atoms with van der Waals surface area (Å²) < 4.78 is 25.8. The van der Waals surface area contributed by atoms with Gasteiger partial charge >= 0.3 is 5.95 Å². The van der Waals surface area contributed by atoms with Gasteiger partial charge in [0.1, 0.15) is 6.54 Å². The lowest BCUT2D eigenvalue weighted by atomic mass is 10.3. The predicted molar refractivity (Wildman–Crippen MR) is 73.6 cm³/mol. The van der Waals surface area contributed by atoms with Crippen molar-refractivity contribution in [2.24, 2.45) is 0 Å². The van der Waals surface area contributed by atoms with Gasteiger partial charge in [0.25, 0.3) is 5.76 Å². The van der Waals surface area contributed by atoms with E-state index in [0.29, 0.717) is 11.8 Å². The van der Waals surface area contributed by atoms with E-state index >= 15 is 0 Å². The summed E-state index contributed by atoms with van der Waals surface area (Å²) in [5, 5.41) is 16.4. The van der Waals surface area contributed by atoms with Crippen LogP contribution in [-0.2, 0) is 11.3 Å². The SMILES string of the molecule is O=C(Cn1cnc([N+](=O)[O-])n1)Nc1ccccc1SC(F)F. The maximum atomic E-state index is 12.4. The van der Waals surface area contributed by atoms with E-state index in [0.717, 1.165) is 11.0 Å². The monoisotopic (exact) mass is 329 g/mol. The Kier molecular flexibility index (Phi) is 4.99. The number of nitrogens with zero attached hydrogens (tertiary/aromatic N) is 4. The molecule has 8 nitrogen and oxygen atoms in total. The van der Waals surface area contributed by atoms with Crippen LogP contribution in [0.1, 0.15) is 0 Å². The minimum Gasteiger partial charge on any atom is -0.390 e. The molecule has 0 aliphatic carbocycles. The Morgan fingerprint density at radius 2 is 2.18 bits per heavy atom. The fourth-order valence-corrected chi connectivity index (χ4v) is 2.15. The zero-order chi connectivity index (χ0) is 16.1. The van der Waals surface area contributed by atoms with Crippen molar-refractivity contribution in [3.8, 4) is 0 Å². The summed E-state index contributed by atoms with van der Waals surface area (Å²) in [6, 6.07) is 6.09. The van der Waals surface area contributed by atoms with Gasteiger partial charge in [-0.1, -0.05) is 28.9 Å². The number of hydrogen-bond donors (Lipinski definition) is 1. The third-order valence-corrected chi connectivity index (χ3v) is 3.16. The fourth-order valence-electron chi connectivity index (χ4n) is 1.55. The zero-order valence-corrected chi connectivity index (χ0v) is 11.7. The Labute approximate surface area is 126 Å². The molecular weight excluding hydrogens is 320 g/mol. The van der Waals surface area contributed by atoms with Crippen molar-refractivity contribution >= 4 is 29.3 Å². The number of benzene rings is 1. The van der Waals surface area contributed by atoms with Crippen molar-refractivity contribution < 1.29 is 18.5 Å². The molecule has 0 bridgehead atoms. The summed E-state index contributed by atoms with van der Waals surface area (Å²) in [6.45, 7) is -0.325. The Morgan fingerprint density at radius 1 is 1.45 bits per heavy atom. The maximum Gasteiger partial charge on any atom is 0.490 e. The number of hydrogen-bond acceptors (Lipinski definition) is 6. The predicted octanol–water partition coefficient (Wildman–Crippen LogP) is 2.14. The Balaban J connectivity index is 2.04. The molecule has 116 valence electrons. The third-order valence-electron chi connectivity index (χ3n) is 2.37. The number of aromatic nitrogens is 3. The second kappa shape index (κ2) is 6.93. The first-order chi connectivity index (χ1) is 10.5. The molecule has 0 saturated carbocycles. The van der Waals surface area contributed by atoms with Crippen molar-refractivity contribution in [1.29, 1.82) is 0 Å². The van der Waals surface area contributed by atoms with E-state index in [1.54, 1.807) is 12.1 Å². The fraction of sp³-hybridized carbons (Fsp3) is 0.182. The van der Waals surface area contributed by atoms with Crippen LogP contribution in [0.5, 0.6) is 0 Å². The molecule has 1 heterocycles. The number of thioether (sulfide) groups is 1. The Hall–Kier alpha value is -2.56. The largest absolute Gasteiger partial charge is 0.490 e. The quantitative estimate of drug-likeness (QED) is 0.495. The standard InChI is InChI=1S/C11H9F2N5O3S/c12-10(13)22-8-4-2-1-3-7(8)15-9(19)5-17-6-14-11(16-17)18(20)21/h1-4,6,10H,5H2,(H,15,19). The number of halogens is 2. The first kappa shape index (κ1) is 15.8. The summed E-state index contributed by atoms with van der Waals surface area (Å²) >= 11 is 0.309. The van der Waals surface area contributed by atoms with Crippen LogP contribution in [0.15, 0.2) is 35.5 Å². The van der Waals surface area contributed by atoms with Gasteiger partial charge < -0.3 is 15.4 Å². The molecule has 0 atom stereocenters. The van der Waals surface area contributed by atoms with Gasteiger partial charge in [0.2, 0.25) is 12.2 Å². The van der Waals surface area contributed by atoms with E-state index in [-0.39, 0.29) is 17.1 Å². The zero-order valence-electron chi connectivity index (χ0n) is 10.8. The van der Waals surface area contributed by atoms with Gasteiger partial charge in [0.05, 0.1) is 5.69 Å². The first-order valence-corrected chi connectivity index (χ1v) is 6.71. The van der Waals surface area contributed by atoms with Crippen molar-refractivity contribution in [2.45, 2.75) is 17.2 Å². The van der Waals surface area contributed by atoms with E-state index in [4.69, 9.17) is 0 Å². The number of carbonyl (C=O) groups excluding carboxylic acids is 1. The molecule has 22 heavy (non-hydrogen) atoms. The molecule has 1 aromatic heterocycles. The molecule has 0 saturated heterocycles. The third kappa shape index (κ3) is 4.22. The van der Waals surface area contributed by atoms with E-state index in [1.807, 2.05) is 0 Å². The minimum atomic E-state index is -2.61. The van der Waals surface area contributed by atoms with E-state index in [1.165, 1.54) is 12.1 Å². The lowest BCUT2D eigenvalue weighted by Gasteiger charge is -2.09. The molecule has 0 unspecified atom stereocenters. The van der Waals surface area contributed by atoms with Gasteiger partial charge in [-0.25, -0.2) is 0 Å². The summed E-state index contributed by atoms with van der Waals surface area (Å²) in [7, 11) is 0. The number of alkyl halides is 2. The highest BCUT2D eigenvalue weighted by Gasteiger charge is 2.16. The van der Waals surface area contributed by atoms with Crippen LogP contribution in [0.2, 0.25) is 0 Å². The van der Waals surface area contributed by atoms with Crippen molar-refractivity contribution in [3.63, 3.8) is 0 Å². The van der Waals surface area contributed by atoms with Crippen LogP contribution < -0.4 is 5.32 Å². The normalized spacial score (nSPS) is 10.7. The molecule has 11 heteroatoms. The molecule has 2 rings (SSSR count). The second-order valence-corrected chi connectivity index (χ2v) is 4.95. The Bertz CT molecular complexity index is 694. The molecule has 0 radical (unpaired) electrons. The highest BCUT2D eigenvalue weighted by molar-refractivity contribution is 7.99. The van der Waals surface area contributed by atoms with Crippen LogP contribution in [-0.4, -0.2) is 31.4 Å². The van der Waals surface area contributed by atoms with Gasteiger partial charge in [-0.3, -0.25) is 4.79 Å². The molecule has 0 spiro atoms. The van der Waals surface area contributed by atoms with Crippen LogP contribution in [0.4, 0.5) is 20.4 Å². The minimum absolute atomic E-state index is 0.218. The molecule has 2 aromatic rings. The van der Waals surface area contributed by atoms with Crippen LogP contribution in [0.25, 0.3) is 0 Å². The lowest BCUT2D eigenvalue weighted by Crippen LogP contribution is -2.19. The number of anilines is 1. The number of nitrogens with one attached hydrogen (secondary N) is 1. The molecule has 1 aromatic carbocycles. The number of amides is 1. The van der Waals surface area contributed by atoms with Gasteiger partial charge in [-0.05, 0) is 17.1 Å². The Morgan fingerprint density at radius 3 is 2.82 bits per heavy atom. The summed E-state index contributed by atoms with van der Waals surface area (Å²) in [5.41, 5.74) is 0.229. The van der Waals surface area contributed by atoms with E-state index in [2.05, 4.69) is 15.4 Å². The van der Waals surface area contributed by atoms with Crippen molar-refractivity contribution in [2.75, 3.05) is 5.32 Å². The van der Waals surface area contributed by atoms with Gasteiger partial charge in [0, 0.05) is 9.99 Å². The molecule has 0 aliphatic rings. The van der Waals surface area contributed by atoms with Crippen LogP contribution >= 0.6 is 11.8 Å². The second-order valence-electron chi connectivity index (χ2n) is 3.92. The van der Waals surface area contributed by atoms with Gasteiger partial charge in [-0.15, -0.1) is 0 Å². The number of carbonyl (C=O) groups is 1. The number of nitro groups is 1. The van der Waals surface area contributed by atoms with Crippen molar-refractivity contribution in [3.05, 3.63) is 40.7 Å². The summed E-state index contributed by atoms with van der Waals surface area (Å²) in [4.78, 5) is 25.1. The average molecular weight is 329 g/mol. The molecule has 1 amide bonds. The summed E-state index contributed by atoms with van der Waals surface area (Å²) in [5.74, 6) is -3.81.